The van der Waals surface area contributed by atoms with Crippen molar-refractivity contribution >= 4 is 5.69 Å². The van der Waals surface area contributed by atoms with Gasteiger partial charge in [-0.3, -0.25) is 0 Å². The standard InChI is InChI=1S/C16H25NO2/c1-18-11-12-19-16-10-6-9-15(13-16)17-14-7-4-2-3-5-8-14/h6,9-10,13-14,17H,2-5,7-8,11-12H2,1H3. The number of rotatable bonds is 6. The van der Waals surface area contributed by atoms with Crippen molar-refractivity contribution in [1.82, 2.24) is 0 Å². The van der Waals surface area contributed by atoms with E-state index < -0.39 is 0 Å². The van der Waals surface area contributed by atoms with Crippen LogP contribution in [0.2, 0.25) is 0 Å². The predicted molar refractivity (Wildman–Crippen MR) is 78.9 cm³/mol. The molecule has 0 radical (unpaired) electrons. The first kappa shape index (κ1) is 14.2. The van der Waals surface area contributed by atoms with Crippen LogP contribution in [0.25, 0.3) is 0 Å². The van der Waals surface area contributed by atoms with Crippen LogP contribution in [0.5, 0.6) is 5.75 Å². The Labute approximate surface area is 116 Å². The lowest BCUT2D eigenvalue weighted by molar-refractivity contribution is 0.146. The van der Waals surface area contributed by atoms with Crippen molar-refractivity contribution in [3.05, 3.63) is 24.3 Å². The third-order valence-corrected chi connectivity index (χ3v) is 3.62. The van der Waals surface area contributed by atoms with Crippen LogP contribution in [0.1, 0.15) is 38.5 Å². The van der Waals surface area contributed by atoms with E-state index in [-0.39, 0.29) is 0 Å². The predicted octanol–water partition coefficient (Wildman–Crippen LogP) is 3.85. The van der Waals surface area contributed by atoms with Crippen molar-refractivity contribution in [2.24, 2.45) is 0 Å². The van der Waals surface area contributed by atoms with Gasteiger partial charge in [-0.25, -0.2) is 0 Å². The topological polar surface area (TPSA) is 30.5 Å². The lowest BCUT2D eigenvalue weighted by Gasteiger charge is -2.18. The fraction of sp³-hybridized carbons (Fsp3) is 0.625. The molecule has 106 valence electrons. The molecule has 0 spiro atoms. The van der Waals surface area contributed by atoms with Crippen molar-refractivity contribution in [1.29, 1.82) is 0 Å². The molecule has 19 heavy (non-hydrogen) atoms. The first-order chi connectivity index (χ1) is 9.38. The number of anilines is 1. The molecule has 1 saturated carbocycles. The molecule has 0 aromatic heterocycles. The van der Waals surface area contributed by atoms with Gasteiger partial charge in [-0.2, -0.15) is 0 Å². The Morgan fingerprint density at radius 2 is 1.89 bits per heavy atom. The summed E-state index contributed by atoms with van der Waals surface area (Å²) in [6, 6.07) is 8.86. The van der Waals surface area contributed by atoms with Gasteiger partial charge in [-0.1, -0.05) is 31.7 Å². The number of ether oxygens (including phenoxy) is 2. The van der Waals surface area contributed by atoms with Crippen LogP contribution in [0.3, 0.4) is 0 Å². The van der Waals surface area contributed by atoms with Gasteiger partial charge in [0.05, 0.1) is 6.61 Å². The average Bonchev–Trinajstić information content (AvgIpc) is 2.68. The minimum atomic E-state index is 0.601. The van der Waals surface area contributed by atoms with Crippen LogP contribution in [0.15, 0.2) is 24.3 Å². The third kappa shape index (κ3) is 5.11. The summed E-state index contributed by atoms with van der Waals surface area (Å²) < 4.78 is 10.6. The fourth-order valence-electron chi connectivity index (χ4n) is 2.58. The molecule has 1 aliphatic carbocycles. The first-order valence-electron chi connectivity index (χ1n) is 7.37. The first-order valence-corrected chi connectivity index (χ1v) is 7.37. The molecule has 0 bridgehead atoms. The van der Waals surface area contributed by atoms with Gasteiger partial charge in [0, 0.05) is 24.9 Å². The van der Waals surface area contributed by atoms with Crippen LogP contribution < -0.4 is 10.1 Å². The number of nitrogens with one attached hydrogen (secondary N) is 1. The summed E-state index contributed by atoms with van der Waals surface area (Å²) in [5.74, 6) is 0.913. The zero-order valence-electron chi connectivity index (χ0n) is 11.9. The number of hydrogen-bond donors (Lipinski definition) is 1. The molecule has 2 rings (SSSR count). The minimum Gasteiger partial charge on any atom is -0.491 e. The Kier molecular flexibility index (Phi) is 6.02. The second-order valence-corrected chi connectivity index (χ2v) is 5.20. The van der Waals surface area contributed by atoms with Crippen molar-refractivity contribution in [3.8, 4) is 5.75 Å². The molecule has 3 nitrogen and oxygen atoms in total. The molecule has 1 aromatic rings. The highest BCUT2D eigenvalue weighted by molar-refractivity contribution is 5.48. The van der Waals surface area contributed by atoms with E-state index in [0.29, 0.717) is 19.3 Å². The van der Waals surface area contributed by atoms with Crippen molar-refractivity contribution < 1.29 is 9.47 Å². The highest BCUT2D eigenvalue weighted by Gasteiger charge is 2.11. The number of methoxy groups -OCH3 is 1. The SMILES string of the molecule is COCCOc1cccc(NC2CCCCCC2)c1. The zero-order chi connectivity index (χ0) is 13.3. The molecule has 0 amide bonds. The molecule has 1 fully saturated rings. The van der Waals surface area contributed by atoms with Crippen LogP contribution in [0, 0.1) is 0 Å². The van der Waals surface area contributed by atoms with E-state index in [1.165, 1.54) is 44.2 Å². The van der Waals surface area contributed by atoms with Crippen molar-refractivity contribution in [2.45, 2.75) is 44.6 Å². The maximum Gasteiger partial charge on any atom is 0.121 e. The van der Waals surface area contributed by atoms with Gasteiger partial charge < -0.3 is 14.8 Å². The normalized spacial score (nSPS) is 16.9. The number of benzene rings is 1. The molecule has 0 atom stereocenters. The Bertz CT molecular complexity index is 360. The Morgan fingerprint density at radius 3 is 2.63 bits per heavy atom. The Balaban J connectivity index is 1.86. The average molecular weight is 263 g/mol. The van der Waals surface area contributed by atoms with E-state index in [0.717, 1.165) is 5.75 Å². The van der Waals surface area contributed by atoms with E-state index in [2.05, 4.69) is 17.4 Å². The van der Waals surface area contributed by atoms with Crippen LogP contribution in [-0.2, 0) is 4.74 Å². The van der Waals surface area contributed by atoms with Crippen molar-refractivity contribution in [3.63, 3.8) is 0 Å². The van der Waals surface area contributed by atoms with Gasteiger partial charge in [0.15, 0.2) is 0 Å². The molecule has 1 aromatic carbocycles. The highest BCUT2D eigenvalue weighted by Crippen LogP contribution is 2.23. The van der Waals surface area contributed by atoms with Gasteiger partial charge >= 0.3 is 0 Å². The molecule has 1 aliphatic rings. The quantitative estimate of drug-likeness (QED) is 0.624. The molecule has 3 heteroatoms. The second kappa shape index (κ2) is 8.05. The summed E-state index contributed by atoms with van der Waals surface area (Å²) in [4.78, 5) is 0. The Hall–Kier alpha value is -1.22. The van der Waals surface area contributed by atoms with Crippen LogP contribution >= 0.6 is 0 Å². The van der Waals surface area contributed by atoms with Crippen molar-refractivity contribution in [2.75, 3.05) is 25.6 Å². The molecule has 0 unspecified atom stereocenters. The van der Waals surface area contributed by atoms with E-state index >= 15 is 0 Å². The third-order valence-electron chi connectivity index (χ3n) is 3.62. The maximum absolute atomic E-state index is 5.64. The van der Waals surface area contributed by atoms with Crippen LogP contribution in [0.4, 0.5) is 5.69 Å². The van der Waals surface area contributed by atoms with Gasteiger partial charge in [-0.15, -0.1) is 0 Å². The molecule has 1 N–H and O–H groups in total. The molecule has 0 heterocycles. The smallest absolute Gasteiger partial charge is 0.121 e. The second-order valence-electron chi connectivity index (χ2n) is 5.20. The minimum absolute atomic E-state index is 0.601. The molecular weight excluding hydrogens is 238 g/mol. The van der Waals surface area contributed by atoms with E-state index in [1.807, 2.05) is 12.1 Å². The van der Waals surface area contributed by atoms with Crippen LogP contribution in [-0.4, -0.2) is 26.4 Å². The summed E-state index contributed by atoms with van der Waals surface area (Å²) in [7, 11) is 1.69. The molecule has 0 aliphatic heterocycles. The summed E-state index contributed by atoms with van der Waals surface area (Å²) in [6.45, 7) is 1.23. The molecular formula is C16H25NO2. The fourth-order valence-corrected chi connectivity index (χ4v) is 2.58. The van der Waals surface area contributed by atoms with Gasteiger partial charge in [-0.05, 0) is 25.0 Å². The van der Waals surface area contributed by atoms with Gasteiger partial charge in [0.2, 0.25) is 0 Å². The van der Waals surface area contributed by atoms with Gasteiger partial charge in [0.1, 0.15) is 12.4 Å². The highest BCUT2D eigenvalue weighted by atomic mass is 16.5. The monoisotopic (exact) mass is 263 g/mol. The molecule has 0 saturated heterocycles. The lowest BCUT2D eigenvalue weighted by Crippen LogP contribution is -2.18. The zero-order valence-corrected chi connectivity index (χ0v) is 11.9. The summed E-state index contributed by atoms with van der Waals surface area (Å²) >= 11 is 0. The summed E-state index contributed by atoms with van der Waals surface area (Å²) in [5, 5.41) is 3.64. The lowest BCUT2D eigenvalue weighted by atomic mass is 10.1. The number of hydrogen-bond acceptors (Lipinski definition) is 3. The van der Waals surface area contributed by atoms with E-state index in [9.17, 15) is 0 Å². The summed E-state index contributed by atoms with van der Waals surface area (Å²) in [5.41, 5.74) is 1.17. The maximum atomic E-state index is 5.64. The largest absolute Gasteiger partial charge is 0.491 e. The van der Waals surface area contributed by atoms with E-state index in [1.54, 1.807) is 7.11 Å². The summed E-state index contributed by atoms with van der Waals surface area (Å²) in [6.07, 6.45) is 8.05. The van der Waals surface area contributed by atoms with E-state index in [4.69, 9.17) is 9.47 Å². The Morgan fingerprint density at radius 1 is 1.11 bits per heavy atom. The van der Waals surface area contributed by atoms with Gasteiger partial charge in [0.25, 0.3) is 0 Å².